The number of benzene rings is 1. The number of hydrogen-bond acceptors (Lipinski definition) is 6. The quantitative estimate of drug-likeness (QED) is 0.645. The Balaban J connectivity index is 2.37. The van der Waals surface area contributed by atoms with Gasteiger partial charge in [-0.2, -0.15) is 13.2 Å². The Morgan fingerprint density at radius 2 is 1.88 bits per heavy atom. The van der Waals surface area contributed by atoms with E-state index in [2.05, 4.69) is 4.98 Å². The number of nitro groups is 1. The fraction of sp³-hybridized carbons (Fsp3) is 0.0833. The lowest BCUT2D eigenvalue weighted by molar-refractivity contribution is -0.388. The van der Waals surface area contributed by atoms with Crippen molar-refractivity contribution in [2.24, 2.45) is 5.14 Å². The van der Waals surface area contributed by atoms with Crippen LogP contribution in [0.15, 0.2) is 51.3 Å². The van der Waals surface area contributed by atoms with Crippen LogP contribution in [0, 0.1) is 10.1 Å². The summed E-state index contributed by atoms with van der Waals surface area (Å²) in [6.45, 7) is 0. The van der Waals surface area contributed by atoms with Crippen LogP contribution in [0.1, 0.15) is 5.56 Å². The molecule has 1 heterocycles. The van der Waals surface area contributed by atoms with Crippen molar-refractivity contribution >= 4 is 27.5 Å². The van der Waals surface area contributed by atoms with Crippen molar-refractivity contribution in [2.45, 2.75) is 21.0 Å². The molecule has 0 bridgehead atoms. The van der Waals surface area contributed by atoms with Crippen molar-refractivity contribution < 1.29 is 26.5 Å². The van der Waals surface area contributed by atoms with E-state index >= 15 is 0 Å². The van der Waals surface area contributed by atoms with Crippen LogP contribution in [0.2, 0.25) is 0 Å². The van der Waals surface area contributed by atoms with E-state index in [9.17, 15) is 31.7 Å². The Bertz CT molecular complexity index is 883. The molecule has 2 aromatic rings. The summed E-state index contributed by atoms with van der Waals surface area (Å²) in [6.07, 6.45) is -3.94. The number of rotatable bonds is 4. The second kappa shape index (κ2) is 6.37. The van der Waals surface area contributed by atoms with Gasteiger partial charge in [0, 0.05) is 12.3 Å². The van der Waals surface area contributed by atoms with Gasteiger partial charge in [-0.05, 0) is 24.3 Å². The second-order valence-electron chi connectivity index (χ2n) is 4.42. The Morgan fingerprint density at radius 3 is 2.33 bits per heavy atom. The van der Waals surface area contributed by atoms with E-state index in [1.165, 1.54) is 0 Å². The molecule has 0 atom stereocenters. The number of pyridine rings is 1. The number of aromatic nitrogens is 1. The lowest BCUT2D eigenvalue weighted by Crippen LogP contribution is -2.12. The van der Waals surface area contributed by atoms with Gasteiger partial charge in [-0.1, -0.05) is 11.8 Å². The summed E-state index contributed by atoms with van der Waals surface area (Å²) in [5, 5.41) is 16.1. The fourth-order valence-electron chi connectivity index (χ4n) is 1.62. The largest absolute Gasteiger partial charge is 0.417 e. The minimum atomic E-state index is -4.54. The van der Waals surface area contributed by atoms with Gasteiger partial charge >= 0.3 is 6.18 Å². The summed E-state index contributed by atoms with van der Waals surface area (Å²) in [5.41, 5.74) is -1.50. The molecule has 128 valence electrons. The van der Waals surface area contributed by atoms with E-state index in [-0.39, 0.29) is 9.92 Å². The molecule has 0 saturated heterocycles. The van der Waals surface area contributed by atoms with Gasteiger partial charge in [0.25, 0.3) is 5.69 Å². The number of hydrogen-bond donors (Lipinski definition) is 1. The monoisotopic (exact) mass is 379 g/mol. The van der Waals surface area contributed by atoms with Crippen LogP contribution in [-0.2, 0) is 16.2 Å². The molecule has 2 N–H and O–H groups in total. The highest BCUT2D eigenvalue weighted by molar-refractivity contribution is 7.99. The van der Waals surface area contributed by atoms with E-state index in [4.69, 9.17) is 5.14 Å². The summed E-state index contributed by atoms with van der Waals surface area (Å²) < 4.78 is 59.9. The lowest BCUT2D eigenvalue weighted by Gasteiger charge is -2.07. The standard InChI is InChI=1S/C12H8F3N3O4S2/c13-12(14,15)7-1-4-11(17-6-7)23-10-3-2-8(24(16,21)22)5-9(10)18(19)20/h1-6H,(H2,16,21,22). The van der Waals surface area contributed by atoms with Crippen LogP contribution in [-0.4, -0.2) is 18.3 Å². The van der Waals surface area contributed by atoms with Gasteiger partial charge in [-0.3, -0.25) is 10.1 Å². The fourth-order valence-corrected chi connectivity index (χ4v) is 3.00. The Labute approximate surface area is 137 Å². The molecular weight excluding hydrogens is 371 g/mol. The Hall–Kier alpha value is -2.18. The Kier molecular flexibility index (Phi) is 4.82. The number of nitrogens with two attached hydrogens (primary N) is 1. The minimum Gasteiger partial charge on any atom is -0.258 e. The first-order chi connectivity index (χ1) is 11.0. The summed E-state index contributed by atoms with van der Waals surface area (Å²) in [6, 6.07) is 4.84. The predicted octanol–water partition coefficient (Wildman–Crippen LogP) is 2.81. The zero-order valence-corrected chi connectivity index (χ0v) is 13.2. The smallest absolute Gasteiger partial charge is 0.258 e. The van der Waals surface area contributed by atoms with Crippen molar-refractivity contribution in [2.75, 3.05) is 0 Å². The van der Waals surface area contributed by atoms with Crippen LogP contribution >= 0.6 is 11.8 Å². The number of alkyl halides is 3. The normalized spacial score (nSPS) is 12.2. The van der Waals surface area contributed by atoms with Crippen LogP contribution in [0.5, 0.6) is 0 Å². The van der Waals surface area contributed by atoms with Gasteiger partial charge < -0.3 is 0 Å². The maximum Gasteiger partial charge on any atom is 0.417 e. The molecule has 0 fully saturated rings. The Morgan fingerprint density at radius 1 is 1.21 bits per heavy atom. The molecule has 1 aromatic carbocycles. The zero-order chi connectivity index (χ0) is 18.1. The average molecular weight is 379 g/mol. The summed E-state index contributed by atoms with van der Waals surface area (Å²) in [5.74, 6) is 0. The number of primary sulfonamides is 1. The number of halogens is 3. The molecule has 7 nitrogen and oxygen atoms in total. The van der Waals surface area contributed by atoms with Crippen LogP contribution in [0.4, 0.5) is 18.9 Å². The molecule has 2 rings (SSSR count). The molecule has 0 spiro atoms. The van der Waals surface area contributed by atoms with Crippen molar-refractivity contribution in [3.63, 3.8) is 0 Å². The minimum absolute atomic E-state index is 0.0136. The van der Waals surface area contributed by atoms with Gasteiger partial charge in [-0.25, -0.2) is 18.5 Å². The molecular formula is C12H8F3N3O4S2. The third kappa shape index (κ3) is 4.21. The third-order valence-electron chi connectivity index (χ3n) is 2.73. The lowest BCUT2D eigenvalue weighted by atomic mass is 10.3. The summed E-state index contributed by atoms with van der Waals surface area (Å²) in [7, 11) is -4.12. The number of sulfonamides is 1. The zero-order valence-electron chi connectivity index (χ0n) is 11.5. The molecule has 0 aliphatic heterocycles. The molecule has 24 heavy (non-hydrogen) atoms. The molecule has 0 aliphatic carbocycles. The van der Waals surface area contributed by atoms with E-state index < -0.39 is 37.3 Å². The SMILES string of the molecule is NS(=O)(=O)c1ccc(Sc2ccc(C(F)(F)F)cn2)c([N+](=O)[O-])c1. The maximum atomic E-state index is 12.5. The van der Waals surface area contributed by atoms with E-state index in [1.54, 1.807) is 0 Å². The molecule has 0 aliphatic rings. The van der Waals surface area contributed by atoms with E-state index in [1.807, 2.05) is 0 Å². The van der Waals surface area contributed by atoms with Crippen molar-refractivity contribution in [1.29, 1.82) is 0 Å². The maximum absolute atomic E-state index is 12.5. The molecule has 0 amide bonds. The first-order valence-electron chi connectivity index (χ1n) is 6.01. The second-order valence-corrected chi connectivity index (χ2v) is 7.04. The highest BCUT2D eigenvalue weighted by Crippen LogP contribution is 2.36. The molecule has 1 aromatic heterocycles. The van der Waals surface area contributed by atoms with Gasteiger partial charge in [0.2, 0.25) is 10.0 Å². The first kappa shape index (κ1) is 18.2. The van der Waals surface area contributed by atoms with Crippen LogP contribution in [0.3, 0.4) is 0 Å². The summed E-state index contributed by atoms with van der Waals surface area (Å²) >= 11 is 0.725. The molecule has 0 unspecified atom stereocenters. The van der Waals surface area contributed by atoms with E-state index in [0.717, 1.165) is 42.1 Å². The van der Waals surface area contributed by atoms with Crippen LogP contribution < -0.4 is 5.14 Å². The van der Waals surface area contributed by atoms with Crippen molar-refractivity contribution in [3.05, 3.63) is 52.2 Å². The van der Waals surface area contributed by atoms with Gasteiger partial charge in [0.05, 0.1) is 20.3 Å². The first-order valence-corrected chi connectivity index (χ1v) is 8.37. The van der Waals surface area contributed by atoms with Gasteiger partial charge in [-0.15, -0.1) is 0 Å². The topological polar surface area (TPSA) is 116 Å². The third-order valence-corrected chi connectivity index (χ3v) is 4.66. The van der Waals surface area contributed by atoms with Crippen molar-refractivity contribution in [3.8, 4) is 0 Å². The highest BCUT2D eigenvalue weighted by Gasteiger charge is 2.30. The van der Waals surface area contributed by atoms with Crippen molar-refractivity contribution in [1.82, 2.24) is 4.98 Å². The molecule has 0 saturated carbocycles. The van der Waals surface area contributed by atoms with Gasteiger partial charge in [0.1, 0.15) is 5.03 Å². The predicted molar refractivity (Wildman–Crippen MR) is 77.8 cm³/mol. The molecule has 12 heteroatoms. The van der Waals surface area contributed by atoms with Crippen LogP contribution in [0.25, 0.3) is 0 Å². The molecule has 0 radical (unpaired) electrons. The average Bonchev–Trinajstić information content (AvgIpc) is 2.46. The van der Waals surface area contributed by atoms with Gasteiger partial charge in [0.15, 0.2) is 0 Å². The van der Waals surface area contributed by atoms with E-state index in [0.29, 0.717) is 6.20 Å². The number of nitrogens with zero attached hydrogens (tertiary/aromatic N) is 2. The highest BCUT2D eigenvalue weighted by atomic mass is 32.2. The summed E-state index contributed by atoms with van der Waals surface area (Å²) in [4.78, 5) is 13.4. The number of nitro benzene ring substituents is 1.